The van der Waals surface area contributed by atoms with E-state index in [1.807, 2.05) is 0 Å². The number of ether oxygens (including phenoxy) is 1. The summed E-state index contributed by atoms with van der Waals surface area (Å²) in [6.45, 7) is 0. The van der Waals surface area contributed by atoms with E-state index in [4.69, 9.17) is 10.5 Å². The van der Waals surface area contributed by atoms with Crippen molar-refractivity contribution in [3.8, 4) is 5.75 Å². The first-order valence-corrected chi connectivity index (χ1v) is 6.31. The number of primary amides is 1. The van der Waals surface area contributed by atoms with Crippen molar-refractivity contribution in [2.75, 3.05) is 5.32 Å². The zero-order chi connectivity index (χ0) is 16.2. The van der Waals surface area contributed by atoms with Crippen molar-refractivity contribution in [1.29, 1.82) is 0 Å². The summed E-state index contributed by atoms with van der Waals surface area (Å²) in [5.74, 6) is 0.0289. The van der Waals surface area contributed by atoms with E-state index in [-0.39, 0.29) is 11.3 Å². The van der Waals surface area contributed by atoms with Gasteiger partial charge in [-0.1, -0.05) is 30.3 Å². The highest BCUT2D eigenvalue weighted by Gasteiger charge is 2.43. The summed E-state index contributed by atoms with van der Waals surface area (Å²) in [5, 5.41) is 2.31. The van der Waals surface area contributed by atoms with Gasteiger partial charge in [0.25, 0.3) is 0 Å². The molecule has 1 unspecified atom stereocenters. The Kier molecular flexibility index (Phi) is 4.55. The topological polar surface area (TPSA) is 64.4 Å². The SMILES string of the molecule is NC(=O)Nc1ccc(OC(c2ccccc2)C(F)(F)F)cc1. The minimum absolute atomic E-state index is 0.00865. The van der Waals surface area contributed by atoms with E-state index in [0.29, 0.717) is 5.69 Å². The number of nitrogens with two attached hydrogens (primary N) is 1. The predicted molar refractivity (Wildman–Crippen MR) is 75.5 cm³/mol. The summed E-state index contributed by atoms with van der Waals surface area (Å²) in [5.41, 5.74) is 5.32. The molecule has 0 aliphatic rings. The fourth-order valence-electron chi connectivity index (χ4n) is 1.85. The van der Waals surface area contributed by atoms with E-state index in [2.05, 4.69) is 5.32 Å². The number of hydrogen-bond acceptors (Lipinski definition) is 2. The van der Waals surface area contributed by atoms with Crippen LogP contribution in [-0.4, -0.2) is 12.2 Å². The van der Waals surface area contributed by atoms with Gasteiger partial charge in [-0.15, -0.1) is 0 Å². The Bertz CT molecular complexity index is 627. The van der Waals surface area contributed by atoms with Crippen LogP contribution in [0.2, 0.25) is 0 Å². The van der Waals surface area contributed by atoms with Gasteiger partial charge in [-0.2, -0.15) is 13.2 Å². The quantitative estimate of drug-likeness (QED) is 0.900. The Morgan fingerprint density at radius 2 is 1.64 bits per heavy atom. The highest BCUT2D eigenvalue weighted by molar-refractivity contribution is 5.87. The number of rotatable bonds is 4. The third-order valence-corrected chi connectivity index (χ3v) is 2.78. The smallest absolute Gasteiger partial charge is 0.429 e. The zero-order valence-electron chi connectivity index (χ0n) is 11.3. The monoisotopic (exact) mass is 310 g/mol. The summed E-state index contributed by atoms with van der Waals surface area (Å²) in [6.07, 6.45) is -6.62. The molecule has 2 amide bonds. The lowest BCUT2D eigenvalue weighted by atomic mass is 10.1. The van der Waals surface area contributed by atoms with Gasteiger partial charge in [-0.3, -0.25) is 0 Å². The molecule has 2 aromatic carbocycles. The van der Waals surface area contributed by atoms with Crippen LogP contribution in [0.1, 0.15) is 11.7 Å². The van der Waals surface area contributed by atoms with E-state index in [1.54, 1.807) is 6.07 Å². The summed E-state index contributed by atoms with van der Waals surface area (Å²) < 4.78 is 44.5. The van der Waals surface area contributed by atoms with Crippen LogP contribution in [0, 0.1) is 0 Å². The van der Waals surface area contributed by atoms with E-state index in [9.17, 15) is 18.0 Å². The number of hydrogen-bond donors (Lipinski definition) is 2. The number of urea groups is 1. The number of carbonyl (C=O) groups is 1. The average Bonchev–Trinajstić information content (AvgIpc) is 2.45. The van der Waals surface area contributed by atoms with Crippen LogP contribution in [0.4, 0.5) is 23.7 Å². The second-order valence-corrected chi connectivity index (χ2v) is 4.46. The Morgan fingerprint density at radius 3 is 2.14 bits per heavy atom. The molecule has 0 saturated carbocycles. The molecule has 0 fully saturated rings. The van der Waals surface area contributed by atoms with Gasteiger partial charge in [0.1, 0.15) is 5.75 Å². The molecule has 7 heteroatoms. The highest BCUT2D eigenvalue weighted by Crippen LogP contribution is 2.36. The molecule has 22 heavy (non-hydrogen) atoms. The first kappa shape index (κ1) is 15.7. The molecule has 0 bridgehead atoms. The maximum atomic E-state index is 13.1. The molecule has 1 atom stereocenters. The van der Waals surface area contributed by atoms with Crippen molar-refractivity contribution in [3.05, 3.63) is 60.2 Å². The van der Waals surface area contributed by atoms with Crippen LogP contribution >= 0.6 is 0 Å². The molecular weight excluding hydrogens is 297 g/mol. The minimum atomic E-state index is -4.55. The number of benzene rings is 2. The molecule has 2 rings (SSSR count). The molecular formula is C15H13F3N2O2. The molecule has 0 aliphatic carbocycles. The number of anilines is 1. The van der Waals surface area contributed by atoms with Crippen LogP contribution < -0.4 is 15.8 Å². The van der Waals surface area contributed by atoms with Gasteiger partial charge in [0.15, 0.2) is 0 Å². The maximum absolute atomic E-state index is 13.1. The van der Waals surface area contributed by atoms with Gasteiger partial charge in [0, 0.05) is 11.3 Å². The molecule has 3 N–H and O–H groups in total. The lowest BCUT2D eigenvalue weighted by Gasteiger charge is -2.22. The minimum Gasteiger partial charge on any atom is -0.476 e. The summed E-state index contributed by atoms with van der Waals surface area (Å²) >= 11 is 0. The largest absolute Gasteiger partial charge is 0.476 e. The Hall–Kier alpha value is -2.70. The van der Waals surface area contributed by atoms with Crippen molar-refractivity contribution in [3.63, 3.8) is 0 Å². The number of alkyl halides is 3. The molecule has 0 saturated heterocycles. The lowest BCUT2D eigenvalue weighted by molar-refractivity contribution is -0.198. The number of nitrogens with one attached hydrogen (secondary N) is 1. The molecule has 0 radical (unpaired) electrons. The zero-order valence-corrected chi connectivity index (χ0v) is 11.3. The average molecular weight is 310 g/mol. The third kappa shape index (κ3) is 4.15. The summed E-state index contributed by atoms with van der Waals surface area (Å²) in [4.78, 5) is 10.7. The van der Waals surface area contributed by atoms with Crippen LogP contribution in [0.15, 0.2) is 54.6 Å². The highest BCUT2D eigenvalue weighted by atomic mass is 19.4. The fraction of sp³-hybridized carbons (Fsp3) is 0.133. The molecule has 2 aromatic rings. The Labute approximate surface area is 124 Å². The van der Waals surface area contributed by atoms with Crippen LogP contribution in [0.25, 0.3) is 0 Å². The standard InChI is InChI=1S/C15H13F3N2O2/c16-15(17,18)13(10-4-2-1-3-5-10)22-12-8-6-11(7-9-12)20-14(19)21/h1-9,13H,(H3,19,20,21). The van der Waals surface area contributed by atoms with Crippen molar-refractivity contribution in [1.82, 2.24) is 0 Å². The van der Waals surface area contributed by atoms with Crippen molar-refractivity contribution < 1.29 is 22.7 Å². The molecule has 0 aromatic heterocycles. The first-order chi connectivity index (χ1) is 10.4. The Morgan fingerprint density at radius 1 is 1.05 bits per heavy atom. The molecule has 116 valence electrons. The fourth-order valence-corrected chi connectivity index (χ4v) is 1.85. The van der Waals surface area contributed by atoms with E-state index >= 15 is 0 Å². The van der Waals surface area contributed by atoms with Crippen LogP contribution in [0.5, 0.6) is 5.75 Å². The van der Waals surface area contributed by atoms with E-state index in [0.717, 1.165) is 0 Å². The van der Waals surface area contributed by atoms with E-state index in [1.165, 1.54) is 48.5 Å². The van der Waals surface area contributed by atoms with Gasteiger partial charge in [-0.05, 0) is 24.3 Å². The second-order valence-electron chi connectivity index (χ2n) is 4.46. The predicted octanol–water partition coefficient (Wildman–Crippen LogP) is 3.86. The lowest BCUT2D eigenvalue weighted by Crippen LogP contribution is -2.26. The molecule has 4 nitrogen and oxygen atoms in total. The van der Waals surface area contributed by atoms with Gasteiger partial charge in [0.2, 0.25) is 6.10 Å². The van der Waals surface area contributed by atoms with Gasteiger partial charge in [-0.25, -0.2) is 4.79 Å². The van der Waals surface area contributed by atoms with Crippen molar-refractivity contribution in [2.45, 2.75) is 12.3 Å². The van der Waals surface area contributed by atoms with Crippen molar-refractivity contribution >= 4 is 11.7 Å². The summed E-state index contributed by atoms with van der Waals surface area (Å²) in [6, 6.07) is 12.0. The third-order valence-electron chi connectivity index (χ3n) is 2.78. The van der Waals surface area contributed by atoms with Crippen molar-refractivity contribution in [2.24, 2.45) is 5.73 Å². The van der Waals surface area contributed by atoms with Crippen LogP contribution in [0.3, 0.4) is 0 Å². The number of carbonyl (C=O) groups excluding carboxylic acids is 1. The molecule has 0 heterocycles. The Balaban J connectivity index is 2.19. The molecule has 0 aliphatic heterocycles. The van der Waals surface area contributed by atoms with E-state index < -0.39 is 18.3 Å². The number of halogens is 3. The van der Waals surface area contributed by atoms with Crippen LogP contribution in [-0.2, 0) is 0 Å². The van der Waals surface area contributed by atoms with Gasteiger partial charge >= 0.3 is 12.2 Å². The maximum Gasteiger partial charge on any atom is 0.429 e. The first-order valence-electron chi connectivity index (χ1n) is 6.31. The normalized spacial score (nSPS) is 12.5. The number of amides is 2. The second kappa shape index (κ2) is 6.38. The summed E-state index contributed by atoms with van der Waals surface area (Å²) in [7, 11) is 0. The van der Waals surface area contributed by atoms with Gasteiger partial charge in [0.05, 0.1) is 0 Å². The van der Waals surface area contributed by atoms with Gasteiger partial charge < -0.3 is 15.8 Å². The molecule has 0 spiro atoms.